The van der Waals surface area contributed by atoms with Crippen molar-refractivity contribution in [1.29, 1.82) is 0 Å². The van der Waals surface area contributed by atoms with Gasteiger partial charge in [-0.2, -0.15) is 11.8 Å². The summed E-state index contributed by atoms with van der Waals surface area (Å²) in [6, 6.07) is 0. The van der Waals surface area contributed by atoms with E-state index in [2.05, 4.69) is 49.7 Å². The van der Waals surface area contributed by atoms with Crippen molar-refractivity contribution in [1.82, 2.24) is 5.32 Å². The number of rotatable bonds is 4. The second-order valence-electron chi connectivity index (χ2n) is 5.46. The van der Waals surface area contributed by atoms with E-state index < -0.39 is 0 Å². The van der Waals surface area contributed by atoms with E-state index in [1.54, 1.807) is 27.2 Å². The predicted octanol–water partition coefficient (Wildman–Crippen LogP) is 5.92. The number of ketones is 2. The molecule has 0 aromatic carbocycles. The molecule has 34 heavy (non-hydrogen) atoms. The fourth-order valence-electron chi connectivity index (χ4n) is 0. The third-order valence-electron chi connectivity index (χ3n) is 1.72. The third-order valence-corrected chi connectivity index (χ3v) is 2.87. The molecule has 0 heterocycles. The number of hydrogen-bond donors (Lipinski definition) is 2. The van der Waals surface area contributed by atoms with E-state index in [0.29, 0.717) is 6.42 Å². The Morgan fingerprint density at radius 3 is 1.06 bits per heavy atom. The highest BCUT2D eigenvalue weighted by Gasteiger charge is 1.77. The molecule has 0 saturated carbocycles. The van der Waals surface area contributed by atoms with Crippen LogP contribution in [0.3, 0.4) is 0 Å². The summed E-state index contributed by atoms with van der Waals surface area (Å²) in [5.41, 5.74) is 4.50. The van der Waals surface area contributed by atoms with Gasteiger partial charge >= 0.3 is 0 Å². The van der Waals surface area contributed by atoms with Crippen LogP contribution in [0.4, 0.5) is 0 Å². The van der Waals surface area contributed by atoms with E-state index in [4.69, 9.17) is 4.79 Å². The average molecular weight is 535 g/mol. The SMILES string of the molecule is CC(C)=O.CC=O.CCC.CCC(C)=O.CCNC.CCOC.CCSC.CN.CSC(C)=O. The van der Waals surface area contributed by atoms with Gasteiger partial charge in [-0.25, -0.2) is 0 Å². The molecular weight excluding hydrogens is 472 g/mol. The highest BCUT2D eigenvalue weighted by Crippen LogP contribution is 1.88. The molecule has 0 saturated heterocycles. The van der Waals surface area contributed by atoms with Crippen LogP contribution in [0.25, 0.3) is 0 Å². The summed E-state index contributed by atoms with van der Waals surface area (Å²) in [6.45, 7) is 21.8. The van der Waals surface area contributed by atoms with Gasteiger partial charge in [-0.1, -0.05) is 52.8 Å². The van der Waals surface area contributed by atoms with Crippen LogP contribution in [0.1, 0.15) is 89.0 Å². The summed E-state index contributed by atoms with van der Waals surface area (Å²) in [6.07, 6.45) is 6.53. The van der Waals surface area contributed by atoms with Crippen LogP contribution < -0.4 is 11.1 Å². The fourth-order valence-corrected chi connectivity index (χ4v) is 0. The standard InChI is InChI=1S/C4H8O.C3H9N.C3H6OS.C3H8O.C3H6O.C3H8S.C3H8.C2H4O.CH5N/c1-3-4(2)5;1-3-4-2;1-3(4)5-2;1-3-4-2;1-3(2)4;1-3-4-2;1-3-2;1-2-3;1-2/h3H2,1-2H3;4H,3H2,1-2H3;1-2H3;3H2,1-2H3;1-2H3;3H2,1-2H3;3H2,1-2H3;2H,1H3;2H2,1H3. The Hall–Kier alpha value is -0.740. The van der Waals surface area contributed by atoms with Crippen LogP contribution in [-0.2, 0) is 23.9 Å². The molecule has 0 unspecified atom stereocenters. The van der Waals surface area contributed by atoms with Crippen LogP contribution in [-0.4, -0.2) is 75.6 Å². The molecule has 0 aliphatic heterocycles. The maximum absolute atomic E-state index is 9.81. The zero-order valence-corrected chi connectivity index (χ0v) is 27.2. The highest BCUT2D eigenvalue weighted by molar-refractivity contribution is 8.12. The Morgan fingerprint density at radius 1 is 0.912 bits per heavy atom. The first-order valence-electron chi connectivity index (χ1n) is 11.5. The lowest BCUT2D eigenvalue weighted by atomic mass is 10.4. The van der Waals surface area contributed by atoms with Crippen molar-refractivity contribution in [3.63, 3.8) is 0 Å². The first-order valence-corrected chi connectivity index (χ1v) is 14.1. The topological polar surface area (TPSA) is 116 Å². The minimum Gasteiger partial charge on any atom is -0.385 e. The van der Waals surface area contributed by atoms with Gasteiger partial charge < -0.3 is 30.2 Å². The maximum atomic E-state index is 9.81. The number of carbonyl (C=O) groups is 4. The summed E-state index contributed by atoms with van der Waals surface area (Å²) >= 11 is 3.10. The molecule has 0 aromatic rings. The number of Topliss-reactive ketones (excluding diaryl/α,β-unsaturated/α-hetero) is 2. The lowest BCUT2D eigenvalue weighted by Gasteiger charge is -1.76. The van der Waals surface area contributed by atoms with Crippen molar-refractivity contribution in [2.75, 3.05) is 52.6 Å². The quantitative estimate of drug-likeness (QED) is 0.424. The van der Waals surface area contributed by atoms with Crippen LogP contribution >= 0.6 is 23.5 Å². The molecule has 0 bridgehead atoms. The smallest absolute Gasteiger partial charge is 0.185 e. The summed E-state index contributed by atoms with van der Waals surface area (Å²) in [7, 11) is 5.11. The summed E-state index contributed by atoms with van der Waals surface area (Å²) in [5.74, 6) is 1.66. The van der Waals surface area contributed by atoms with Crippen molar-refractivity contribution in [2.24, 2.45) is 5.73 Å². The monoisotopic (exact) mass is 534 g/mol. The Balaban J connectivity index is -0.0000000299. The van der Waals surface area contributed by atoms with Gasteiger partial charge in [-0.05, 0) is 73.5 Å². The number of nitrogens with two attached hydrogens (primary N) is 1. The summed E-state index contributed by atoms with van der Waals surface area (Å²) < 4.78 is 4.54. The molecule has 0 aliphatic rings. The Labute approximate surface area is 222 Å². The molecule has 214 valence electrons. The second-order valence-corrected chi connectivity index (χ2v) is 7.60. The summed E-state index contributed by atoms with van der Waals surface area (Å²) in [5, 5.41) is 3.10. The number of methoxy groups -OCH3 is 1. The van der Waals surface area contributed by atoms with Crippen LogP contribution in [0.15, 0.2) is 0 Å². The molecule has 0 radical (unpaired) electrons. The molecule has 0 fully saturated rings. The van der Waals surface area contributed by atoms with E-state index in [0.717, 1.165) is 19.4 Å². The molecule has 0 amide bonds. The Kier molecular flexibility index (Phi) is 164. The molecule has 0 spiro atoms. The zero-order chi connectivity index (χ0) is 29.8. The zero-order valence-electron chi connectivity index (χ0n) is 25.5. The first-order chi connectivity index (χ1) is 15.8. The van der Waals surface area contributed by atoms with Gasteiger partial charge in [0.1, 0.15) is 17.9 Å². The number of ether oxygens (including phenoxy) is 1. The summed E-state index contributed by atoms with van der Waals surface area (Å²) in [4.78, 5) is 37.8. The highest BCUT2D eigenvalue weighted by atomic mass is 32.2. The van der Waals surface area contributed by atoms with Gasteiger partial charge in [0, 0.05) is 27.1 Å². The van der Waals surface area contributed by atoms with Gasteiger partial charge in [0.15, 0.2) is 5.12 Å². The minimum absolute atomic E-state index is 0.167. The van der Waals surface area contributed by atoms with Crippen molar-refractivity contribution in [3.05, 3.63) is 0 Å². The molecule has 0 aromatic heterocycles. The lowest BCUT2D eigenvalue weighted by molar-refractivity contribution is -0.117. The van der Waals surface area contributed by atoms with Gasteiger partial charge in [-0.3, -0.25) is 4.79 Å². The molecule has 0 rings (SSSR count). The predicted molar refractivity (Wildman–Crippen MR) is 161 cm³/mol. The molecule has 3 N–H and O–H groups in total. The van der Waals surface area contributed by atoms with E-state index in [-0.39, 0.29) is 16.7 Å². The Morgan fingerprint density at radius 2 is 1.06 bits per heavy atom. The molecule has 9 heteroatoms. The first kappa shape index (κ1) is 58.8. The van der Waals surface area contributed by atoms with Crippen LogP contribution in [0, 0.1) is 0 Å². The van der Waals surface area contributed by atoms with Gasteiger partial charge in [0.05, 0.1) is 0 Å². The number of nitrogens with one attached hydrogen (secondary N) is 1. The number of thioether (sulfide) groups is 2. The minimum atomic E-state index is 0.167. The molecular formula is C25H62N2O5S2. The number of aldehydes is 1. The van der Waals surface area contributed by atoms with Crippen LogP contribution in [0.2, 0.25) is 0 Å². The van der Waals surface area contributed by atoms with Gasteiger partial charge in [0.25, 0.3) is 0 Å². The maximum Gasteiger partial charge on any atom is 0.185 e. The molecule has 0 aliphatic carbocycles. The van der Waals surface area contributed by atoms with Crippen molar-refractivity contribution < 1.29 is 23.9 Å². The van der Waals surface area contributed by atoms with E-state index in [9.17, 15) is 14.4 Å². The van der Waals surface area contributed by atoms with Crippen molar-refractivity contribution in [2.45, 2.75) is 89.0 Å². The Bertz CT molecular complexity index is 288. The third kappa shape index (κ3) is 730. The second kappa shape index (κ2) is 94.5. The largest absolute Gasteiger partial charge is 0.385 e. The van der Waals surface area contributed by atoms with E-state index >= 15 is 0 Å². The molecule has 7 nitrogen and oxygen atoms in total. The molecule has 0 atom stereocenters. The van der Waals surface area contributed by atoms with Crippen LogP contribution in [0.5, 0.6) is 0 Å². The normalized spacial score (nSPS) is 6.74. The van der Waals surface area contributed by atoms with E-state index in [1.165, 1.54) is 51.8 Å². The van der Waals surface area contributed by atoms with Crippen molar-refractivity contribution in [3.8, 4) is 0 Å². The van der Waals surface area contributed by atoms with E-state index in [1.807, 2.05) is 32.7 Å². The van der Waals surface area contributed by atoms with Gasteiger partial charge in [0.2, 0.25) is 0 Å². The van der Waals surface area contributed by atoms with Crippen molar-refractivity contribution >= 4 is 46.5 Å². The van der Waals surface area contributed by atoms with Gasteiger partial charge in [-0.15, -0.1) is 0 Å². The number of carbonyl (C=O) groups excluding carboxylic acids is 4. The fraction of sp³-hybridized carbons (Fsp3) is 0.840. The average Bonchev–Trinajstić information content (AvgIpc) is 2.81. The number of hydrogen-bond acceptors (Lipinski definition) is 9. The lowest BCUT2D eigenvalue weighted by Crippen LogP contribution is -2.01.